The predicted octanol–water partition coefficient (Wildman–Crippen LogP) is -1.59. The van der Waals surface area contributed by atoms with E-state index in [0.717, 1.165) is 0 Å². The minimum atomic E-state index is -4.62. The smallest absolute Gasteiger partial charge is 0.776 e. The molecule has 2 aliphatic rings. The molecule has 19 heavy (non-hydrogen) atoms. The standard InChI is InChI=1S/C8H11F3N2O2.Na.H2O2S/c9-8(10,11)15-4-6-2-1-5-3-13(6)7(14)12-5;;1-3-2/h5-6H,1-4H2,(H,12,14);;1-2H/q;+1;/p-1/t5?,6-;;/m0../s1. The average molecular weight is 312 g/mol. The van der Waals surface area contributed by atoms with Crippen LogP contribution in [0.2, 0.25) is 0 Å². The van der Waals surface area contributed by atoms with Gasteiger partial charge in [0.25, 0.3) is 0 Å². The quantitative estimate of drug-likeness (QED) is 0.474. The SMILES string of the molecule is O=C1NC2CC[C@@H](COC(F)(F)F)N1C2.[Na+].[O-]SO. The molecule has 2 rings (SSSR count). The second-order valence-electron chi connectivity index (χ2n) is 3.86. The number of halogens is 3. The van der Waals surface area contributed by atoms with Crippen molar-refractivity contribution in [3.8, 4) is 0 Å². The molecule has 0 aromatic rings. The molecule has 2 atom stereocenters. The fourth-order valence-corrected chi connectivity index (χ4v) is 2.02. The predicted molar refractivity (Wildman–Crippen MR) is 55.1 cm³/mol. The van der Waals surface area contributed by atoms with Crippen molar-refractivity contribution in [2.45, 2.75) is 31.3 Å². The minimum Gasteiger partial charge on any atom is -0.776 e. The van der Waals surface area contributed by atoms with Gasteiger partial charge in [0.15, 0.2) is 0 Å². The van der Waals surface area contributed by atoms with Gasteiger partial charge in [0.05, 0.1) is 12.6 Å². The van der Waals surface area contributed by atoms with Crippen LogP contribution in [0.15, 0.2) is 0 Å². The van der Waals surface area contributed by atoms with Gasteiger partial charge in [-0.05, 0) is 12.8 Å². The Morgan fingerprint density at radius 3 is 2.63 bits per heavy atom. The number of alkyl halides is 3. The van der Waals surface area contributed by atoms with E-state index in [1.54, 1.807) is 0 Å². The van der Waals surface area contributed by atoms with Crippen molar-refractivity contribution in [2.24, 2.45) is 0 Å². The van der Waals surface area contributed by atoms with Gasteiger partial charge in [0.1, 0.15) is 0 Å². The summed E-state index contributed by atoms with van der Waals surface area (Å²) in [6.45, 7) is 0.0222. The van der Waals surface area contributed by atoms with Gasteiger partial charge in [0, 0.05) is 12.6 Å². The van der Waals surface area contributed by atoms with Crippen LogP contribution in [0.1, 0.15) is 12.8 Å². The molecule has 2 amide bonds. The fraction of sp³-hybridized carbons (Fsp3) is 0.875. The van der Waals surface area contributed by atoms with Gasteiger partial charge in [-0.3, -0.25) is 4.74 Å². The number of amides is 2. The second-order valence-corrected chi connectivity index (χ2v) is 4.01. The Kier molecular flexibility index (Phi) is 8.68. The van der Waals surface area contributed by atoms with Gasteiger partial charge in [0.2, 0.25) is 0 Å². The van der Waals surface area contributed by atoms with Crippen molar-refractivity contribution in [1.82, 2.24) is 10.2 Å². The number of urea groups is 1. The van der Waals surface area contributed by atoms with Crippen molar-refractivity contribution in [3.05, 3.63) is 0 Å². The van der Waals surface area contributed by atoms with E-state index in [4.69, 9.17) is 9.11 Å². The maximum Gasteiger partial charge on any atom is 1.00 e. The Morgan fingerprint density at radius 2 is 2.11 bits per heavy atom. The van der Waals surface area contributed by atoms with Crippen LogP contribution >= 0.6 is 12.3 Å². The van der Waals surface area contributed by atoms with E-state index < -0.39 is 31.3 Å². The Hall–Kier alpha value is 0.290. The molecule has 2 bridgehead atoms. The summed E-state index contributed by atoms with van der Waals surface area (Å²) in [7, 11) is 0. The van der Waals surface area contributed by atoms with Crippen molar-refractivity contribution < 1.29 is 61.4 Å². The topological polar surface area (TPSA) is 84.9 Å². The third-order valence-electron chi connectivity index (χ3n) is 2.73. The molecule has 0 aliphatic carbocycles. The third-order valence-corrected chi connectivity index (χ3v) is 2.73. The first-order valence-corrected chi connectivity index (χ1v) is 5.78. The van der Waals surface area contributed by atoms with Gasteiger partial charge < -0.3 is 19.3 Å². The summed E-state index contributed by atoms with van der Waals surface area (Å²) in [5.74, 6) is 0. The Morgan fingerprint density at radius 1 is 1.53 bits per heavy atom. The number of ether oxygens (including phenoxy) is 1. The first kappa shape index (κ1) is 19.3. The molecule has 6 nitrogen and oxygen atoms in total. The number of carbonyl (C=O) groups excluding carboxylic acids is 1. The molecule has 2 aliphatic heterocycles. The van der Waals surface area contributed by atoms with Gasteiger partial charge >= 0.3 is 42.0 Å². The summed E-state index contributed by atoms with van der Waals surface area (Å²) in [5.41, 5.74) is 0. The molecular formula is C8H12F3N2NaO4S. The molecule has 2 fully saturated rings. The number of nitrogens with zero attached hydrogens (tertiary/aromatic N) is 1. The van der Waals surface area contributed by atoms with E-state index in [0.29, 0.717) is 19.4 Å². The summed E-state index contributed by atoms with van der Waals surface area (Å²) in [6, 6.07) is -0.640. The summed E-state index contributed by atoms with van der Waals surface area (Å²) in [4.78, 5) is 12.7. The molecule has 2 saturated heterocycles. The van der Waals surface area contributed by atoms with E-state index in [1.165, 1.54) is 4.90 Å². The van der Waals surface area contributed by atoms with Crippen LogP contribution in [-0.4, -0.2) is 51.6 Å². The summed E-state index contributed by atoms with van der Waals surface area (Å²) in [5, 5.41) is 2.69. The molecule has 11 heteroatoms. The zero-order valence-corrected chi connectivity index (χ0v) is 13.0. The molecule has 2 N–H and O–H groups in total. The van der Waals surface area contributed by atoms with E-state index in [9.17, 15) is 18.0 Å². The molecule has 0 aromatic heterocycles. The molecule has 2 heterocycles. The van der Waals surface area contributed by atoms with E-state index in [2.05, 4.69) is 10.1 Å². The number of rotatable bonds is 2. The van der Waals surface area contributed by atoms with Crippen molar-refractivity contribution >= 4 is 18.4 Å². The minimum absolute atomic E-state index is 0. The third kappa shape index (κ3) is 6.52. The number of hydrogen-bond donors (Lipinski definition) is 2. The molecule has 106 valence electrons. The van der Waals surface area contributed by atoms with Crippen LogP contribution in [0.25, 0.3) is 0 Å². The molecule has 0 spiro atoms. The zero-order chi connectivity index (χ0) is 13.8. The van der Waals surface area contributed by atoms with E-state index in [1.807, 2.05) is 0 Å². The normalized spacial score (nSPS) is 25.1. The van der Waals surface area contributed by atoms with Crippen molar-refractivity contribution in [3.63, 3.8) is 0 Å². The second kappa shape index (κ2) is 8.55. The molecular weight excluding hydrogens is 300 g/mol. The van der Waals surface area contributed by atoms with Crippen LogP contribution in [-0.2, 0) is 4.74 Å². The van der Waals surface area contributed by atoms with E-state index >= 15 is 0 Å². The zero-order valence-electron chi connectivity index (χ0n) is 10.1. The first-order valence-electron chi connectivity index (χ1n) is 5.08. The number of hydrogen-bond acceptors (Lipinski definition) is 5. The molecule has 0 aromatic carbocycles. The first-order chi connectivity index (χ1) is 8.37. The summed E-state index contributed by atoms with van der Waals surface area (Å²) in [6.07, 6.45) is -3.35. The number of piperidine rings is 1. The number of fused-ring (bicyclic) bond motifs is 2. The van der Waals surface area contributed by atoms with Crippen molar-refractivity contribution in [1.29, 1.82) is 0 Å². The maximum absolute atomic E-state index is 11.8. The largest absolute Gasteiger partial charge is 1.00 e. The van der Waals surface area contributed by atoms with Crippen LogP contribution in [0.5, 0.6) is 0 Å². The van der Waals surface area contributed by atoms with Crippen LogP contribution in [0.4, 0.5) is 18.0 Å². The Bertz CT molecular complexity index is 298. The molecule has 1 unspecified atom stereocenters. The van der Waals surface area contributed by atoms with Crippen molar-refractivity contribution in [2.75, 3.05) is 13.2 Å². The van der Waals surface area contributed by atoms with Gasteiger partial charge in [-0.15, -0.1) is 25.5 Å². The summed E-state index contributed by atoms with van der Waals surface area (Å²) >= 11 is -0.500. The molecule has 0 saturated carbocycles. The van der Waals surface area contributed by atoms with Gasteiger partial charge in [-0.25, -0.2) is 4.79 Å². The molecule has 0 radical (unpaired) electrons. The van der Waals surface area contributed by atoms with Gasteiger partial charge in [-0.2, -0.15) is 0 Å². The Balaban J connectivity index is 0.000000742. The monoisotopic (exact) mass is 312 g/mol. The van der Waals surface area contributed by atoms with E-state index in [-0.39, 0.29) is 41.6 Å². The number of nitrogens with one attached hydrogen (secondary N) is 1. The van der Waals surface area contributed by atoms with Crippen LogP contribution in [0.3, 0.4) is 0 Å². The summed E-state index contributed by atoms with van der Waals surface area (Å²) < 4.78 is 54.5. The fourth-order valence-electron chi connectivity index (χ4n) is 2.02. The average Bonchev–Trinajstić information content (AvgIpc) is 2.54. The number of carbonyl (C=O) groups is 1. The van der Waals surface area contributed by atoms with Gasteiger partial charge in [-0.1, -0.05) is 0 Å². The Labute approximate surface area is 134 Å². The maximum atomic E-state index is 11.8. The van der Waals surface area contributed by atoms with Crippen LogP contribution in [0, 0.1) is 0 Å². The van der Waals surface area contributed by atoms with Crippen LogP contribution < -0.4 is 34.9 Å².